The maximum atomic E-state index is 12.2. The van der Waals surface area contributed by atoms with Crippen molar-refractivity contribution in [3.8, 4) is 22.5 Å². The minimum absolute atomic E-state index is 0.0848. The Balaban J connectivity index is 1.24. The fourth-order valence-corrected chi connectivity index (χ4v) is 5.18. The summed E-state index contributed by atoms with van der Waals surface area (Å²) in [5, 5.41) is 3.68. The molecule has 6 heteroatoms. The van der Waals surface area contributed by atoms with Crippen LogP contribution in [-0.4, -0.2) is 29.0 Å². The highest BCUT2D eigenvalue weighted by Crippen LogP contribution is 2.35. The Bertz CT molecular complexity index is 1390. The van der Waals surface area contributed by atoms with Crippen molar-refractivity contribution in [2.75, 3.05) is 23.3 Å². The van der Waals surface area contributed by atoms with Gasteiger partial charge in [-0.1, -0.05) is 84.6 Å². The minimum Gasteiger partial charge on any atom is -0.355 e. The third-order valence-corrected chi connectivity index (χ3v) is 7.42. The number of unbranched alkanes of at least 4 members (excludes halogenated alkanes) is 3. The number of hydrogen-bond acceptors (Lipinski definition) is 4. The number of nitrogens with zero attached hydrogens (tertiary/aromatic N) is 3. The number of carbonyl (C=O) groups excluding carboxylic acids is 1. The van der Waals surface area contributed by atoms with Crippen LogP contribution in [0.1, 0.15) is 49.8 Å². The molecule has 5 rings (SSSR count). The van der Waals surface area contributed by atoms with Gasteiger partial charge < -0.3 is 10.2 Å². The van der Waals surface area contributed by atoms with E-state index in [0.717, 1.165) is 91.3 Å². The number of rotatable bonds is 10. The molecule has 0 saturated heterocycles. The lowest BCUT2D eigenvalue weighted by molar-refractivity contribution is -0.116. The lowest BCUT2D eigenvalue weighted by atomic mass is 10.0. The van der Waals surface area contributed by atoms with Crippen molar-refractivity contribution in [2.24, 2.45) is 0 Å². The average Bonchev–Trinajstić information content (AvgIpc) is 2.96. The van der Waals surface area contributed by atoms with E-state index in [1.54, 1.807) is 0 Å². The van der Waals surface area contributed by atoms with Crippen LogP contribution in [-0.2, 0) is 11.2 Å². The Kier molecular flexibility index (Phi) is 8.89. The highest BCUT2D eigenvalue weighted by molar-refractivity contribution is 6.30. The van der Waals surface area contributed by atoms with E-state index >= 15 is 0 Å². The lowest BCUT2D eigenvalue weighted by Crippen LogP contribution is -2.32. The predicted molar refractivity (Wildman–Crippen MR) is 161 cm³/mol. The minimum atomic E-state index is 0.0848. The molecular formula is C33H35ClN4O. The predicted octanol–water partition coefficient (Wildman–Crippen LogP) is 8.11. The molecule has 0 bridgehead atoms. The second kappa shape index (κ2) is 12.9. The molecule has 0 saturated carbocycles. The first-order valence-electron chi connectivity index (χ1n) is 13.9. The number of nitrogens with one attached hydrogen (secondary N) is 1. The molecule has 0 spiro atoms. The van der Waals surface area contributed by atoms with E-state index in [1.807, 2.05) is 54.6 Å². The van der Waals surface area contributed by atoms with E-state index in [4.69, 9.17) is 21.6 Å². The number of carbonyl (C=O) groups is 1. The molecule has 4 aromatic rings. The summed E-state index contributed by atoms with van der Waals surface area (Å²) in [4.78, 5) is 25.0. The second-order valence-corrected chi connectivity index (χ2v) is 10.7. The molecule has 0 aliphatic carbocycles. The number of para-hydroxylation sites is 1. The highest BCUT2D eigenvalue weighted by atomic mass is 35.5. The van der Waals surface area contributed by atoms with Crippen molar-refractivity contribution < 1.29 is 4.79 Å². The van der Waals surface area contributed by atoms with Gasteiger partial charge in [0.05, 0.1) is 17.1 Å². The van der Waals surface area contributed by atoms with Gasteiger partial charge >= 0.3 is 0 Å². The van der Waals surface area contributed by atoms with Crippen LogP contribution < -0.4 is 10.2 Å². The van der Waals surface area contributed by atoms with Crippen LogP contribution in [0, 0.1) is 6.92 Å². The van der Waals surface area contributed by atoms with Gasteiger partial charge in [-0.05, 0) is 56.9 Å². The molecule has 1 aliphatic rings. The molecule has 1 amide bonds. The van der Waals surface area contributed by atoms with Gasteiger partial charge in [0, 0.05) is 41.3 Å². The molecule has 0 atom stereocenters. The van der Waals surface area contributed by atoms with Gasteiger partial charge in [-0.3, -0.25) is 4.79 Å². The van der Waals surface area contributed by atoms with Gasteiger partial charge in [-0.15, -0.1) is 0 Å². The van der Waals surface area contributed by atoms with E-state index in [-0.39, 0.29) is 5.91 Å². The quantitative estimate of drug-likeness (QED) is 0.207. The normalized spacial score (nSPS) is 12.7. The van der Waals surface area contributed by atoms with E-state index in [2.05, 4.69) is 41.4 Å². The summed E-state index contributed by atoms with van der Waals surface area (Å²) in [5.41, 5.74) is 7.06. The van der Waals surface area contributed by atoms with Crippen molar-refractivity contribution in [3.05, 3.63) is 95.1 Å². The van der Waals surface area contributed by atoms with Crippen molar-refractivity contribution in [2.45, 2.75) is 51.9 Å². The Hall–Kier alpha value is -3.70. The molecule has 39 heavy (non-hydrogen) atoms. The number of fused-ring (bicyclic) bond motifs is 1. The van der Waals surface area contributed by atoms with Crippen LogP contribution in [0.25, 0.3) is 22.5 Å². The van der Waals surface area contributed by atoms with Crippen molar-refractivity contribution in [3.63, 3.8) is 0 Å². The van der Waals surface area contributed by atoms with Crippen molar-refractivity contribution in [1.82, 2.24) is 9.97 Å². The van der Waals surface area contributed by atoms with E-state index in [9.17, 15) is 4.79 Å². The molecule has 1 N–H and O–H groups in total. The Morgan fingerprint density at radius 3 is 2.26 bits per heavy atom. The summed E-state index contributed by atoms with van der Waals surface area (Å²) >= 11 is 6.17. The largest absolute Gasteiger partial charge is 0.355 e. The molecule has 0 fully saturated rings. The van der Waals surface area contributed by atoms with Crippen LogP contribution in [0.5, 0.6) is 0 Å². The van der Waals surface area contributed by atoms with Crippen LogP contribution in [0.4, 0.5) is 11.5 Å². The summed E-state index contributed by atoms with van der Waals surface area (Å²) in [5.74, 6) is 1.10. The first-order valence-corrected chi connectivity index (χ1v) is 14.3. The molecule has 1 aliphatic heterocycles. The van der Waals surface area contributed by atoms with E-state index in [1.165, 1.54) is 5.56 Å². The lowest BCUT2D eigenvalue weighted by Gasteiger charge is -2.30. The highest BCUT2D eigenvalue weighted by Gasteiger charge is 2.23. The van der Waals surface area contributed by atoms with Crippen molar-refractivity contribution in [1.29, 1.82) is 0 Å². The third kappa shape index (κ3) is 7.04. The molecule has 5 nitrogen and oxygen atoms in total. The number of aryl methyl sites for hydroxylation is 2. The molecule has 1 aromatic heterocycles. The zero-order valence-electron chi connectivity index (χ0n) is 22.5. The van der Waals surface area contributed by atoms with E-state index < -0.39 is 0 Å². The first-order chi connectivity index (χ1) is 19.1. The topological polar surface area (TPSA) is 58.1 Å². The third-order valence-electron chi connectivity index (χ3n) is 7.17. The average molecular weight is 539 g/mol. The number of amides is 1. The first kappa shape index (κ1) is 26.9. The standard InChI is InChI=1S/C33H35ClN4O/c1-24-14-16-25(17-15-24)32-31(26-18-20-27(34)21-19-26)36-29-12-9-23-38(33(29)37-32)22-8-3-2-7-13-30(39)35-28-10-5-4-6-11-28/h4-6,10-11,14-21H,2-3,7-9,12-13,22-23H2,1H3,(H,35,39). The van der Waals surface area contributed by atoms with Gasteiger partial charge in [0.15, 0.2) is 5.82 Å². The maximum Gasteiger partial charge on any atom is 0.224 e. The van der Waals surface area contributed by atoms with Crippen LogP contribution in [0.15, 0.2) is 78.9 Å². The number of benzene rings is 3. The van der Waals surface area contributed by atoms with Crippen molar-refractivity contribution >= 4 is 29.0 Å². The summed E-state index contributed by atoms with van der Waals surface area (Å²) in [6.45, 7) is 4.04. The molecule has 0 radical (unpaired) electrons. The zero-order chi connectivity index (χ0) is 27.0. The van der Waals surface area contributed by atoms with Gasteiger partial charge in [0.25, 0.3) is 0 Å². The summed E-state index contributed by atoms with van der Waals surface area (Å²) in [6, 6.07) is 26.0. The molecule has 200 valence electrons. The summed E-state index contributed by atoms with van der Waals surface area (Å²) in [7, 11) is 0. The Morgan fingerprint density at radius 2 is 1.51 bits per heavy atom. The smallest absolute Gasteiger partial charge is 0.224 e. The van der Waals surface area contributed by atoms with Gasteiger partial charge in [0.1, 0.15) is 0 Å². The van der Waals surface area contributed by atoms with Gasteiger partial charge in [-0.25, -0.2) is 9.97 Å². The van der Waals surface area contributed by atoms with E-state index in [0.29, 0.717) is 11.4 Å². The maximum absolute atomic E-state index is 12.2. The monoisotopic (exact) mass is 538 g/mol. The fraction of sp³-hybridized carbons (Fsp3) is 0.303. The summed E-state index contributed by atoms with van der Waals surface area (Å²) < 4.78 is 0. The number of anilines is 2. The van der Waals surface area contributed by atoms with Gasteiger partial charge in [0.2, 0.25) is 5.91 Å². The van der Waals surface area contributed by atoms with Gasteiger partial charge in [-0.2, -0.15) is 0 Å². The zero-order valence-corrected chi connectivity index (χ0v) is 23.3. The van der Waals surface area contributed by atoms with Crippen LogP contribution in [0.2, 0.25) is 5.02 Å². The second-order valence-electron chi connectivity index (χ2n) is 10.2. The Labute approximate surface area is 236 Å². The number of halogens is 1. The molecule has 0 unspecified atom stereocenters. The fourth-order valence-electron chi connectivity index (χ4n) is 5.05. The molecule has 3 aromatic carbocycles. The Morgan fingerprint density at radius 1 is 0.846 bits per heavy atom. The molecule has 2 heterocycles. The van der Waals surface area contributed by atoms with Crippen LogP contribution in [0.3, 0.4) is 0 Å². The molecular weight excluding hydrogens is 504 g/mol. The number of hydrogen-bond donors (Lipinski definition) is 1. The van der Waals surface area contributed by atoms with Crippen LogP contribution >= 0.6 is 11.6 Å². The SMILES string of the molecule is Cc1ccc(-c2nc3c(nc2-c2ccc(Cl)cc2)CCCN3CCCCCCC(=O)Nc2ccccc2)cc1. The number of aromatic nitrogens is 2. The summed E-state index contributed by atoms with van der Waals surface area (Å²) in [6.07, 6.45) is 6.66.